The molecule has 0 atom stereocenters. The molecule has 0 N–H and O–H groups in total. The Hall–Kier alpha value is -2.71. The molecule has 0 spiro atoms. The van der Waals surface area contributed by atoms with E-state index in [1.807, 2.05) is 0 Å². The lowest BCUT2D eigenvalue weighted by molar-refractivity contribution is 0.0438. The van der Waals surface area contributed by atoms with Crippen LogP contribution in [-0.4, -0.2) is 30.8 Å². The molecule has 3 rings (SSSR count). The third-order valence-electron chi connectivity index (χ3n) is 3.48. The summed E-state index contributed by atoms with van der Waals surface area (Å²) in [5.41, 5.74) is 1.45. The van der Waals surface area contributed by atoms with Gasteiger partial charge in [0.1, 0.15) is 0 Å². The van der Waals surface area contributed by atoms with E-state index in [1.54, 1.807) is 42.5 Å². The number of sulfone groups is 1. The summed E-state index contributed by atoms with van der Waals surface area (Å²) >= 11 is 5.84. The molecule has 0 fully saturated rings. The van der Waals surface area contributed by atoms with Gasteiger partial charge in [-0.3, -0.25) is 0 Å². The Kier molecular flexibility index (Phi) is 5.57. The maximum Gasteiger partial charge on any atom is 0.338 e. The normalized spacial score (nSPS) is 11.3. The maximum absolute atomic E-state index is 12.2. The van der Waals surface area contributed by atoms with Crippen LogP contribution in [0.4, 0.5) is 0 Å². The second-order valence-electron chi connectivity index (χ2n) is 5.85. The quantitative estimate of drug-likeness (QED) is 0.579. The van der Waals surface area contributed by atoms with E-state index in [0.717, 1.165) is 6.26 Å². The Morgan fingerprint density at radius 2 is 1.89 bits per heavy atom. The van der Waals surface area contributed by atoms with E-state index in [1.165, 1.54) is 6.07 Å². The molecule has 0 aliphatic heterocycles. The fourth-order valence-electron chi connectivity index (χ4n) is 2.32. The third kappa shape index (κ3) is 5.38. The monoisotopic (exact) mass is 406 g/mol. The van der Waals surface area contributed by atoms with Gasteiger partial charge < -0.3 is 9.15 Å². The van der Waals surface area contributed by atoms with Crippen LogP contribution in [0.2, 0.25) is 5.02 Å². The number of halogens is 1. The minimum absolute atomic E-state index is 0.139. The second-order valence-corrected chi connectivity index (χ2v) is 8.43. The van der Waals surface area contributed by atoms with E-state index in [-0.39, 0.29) is 29.7 Å². The van der Waals surface area contributed by atoms with Crippen molar-refractivity contribution in [2.24, 2.45) is 0 Å². The minimum Gasteiger partial charge on any atom is -0.452 e. The number of aromatic nitrogens is 2. The molecule has 140 valence electrons. The number of rotatable bonds is 6. The van der Waals surface area contributed by atoms with Crippen LogP contribution in [0, 0.1) is 0 Å². The Balaban J connectivity index is 1.64. The molecule has 2 aromatic carbocycles. The van der Waals surface area contributed by atoms with Gasteiger partial charge in [0, 0.05) is 16.8 Å². The van der Waals surface area contributed by atoms with Crippen LogP contribution < -0.4 is 0 Å². The molecule has 0 amide bonds. The maximum atomic E-state index is 12.2. The van der Waals surface area contributed by atoms with Gasteiger partial charge in [0.25, 0.3) is 5.89 Å². The van der Waals surface area contributed by atoms with Crippen molar-refractivity contribution in [2.45, 2.75) is 12.4 Å². The van der Waals surface area contributed by atoms with Crippen LogP contribution in [0.5, 0.6) is 0 Å². The highest BCUT2D eigenvalue weighted by Gasteiger charge is 2.14. The number of carbonyl (C=O) groups excluding carboxylic acids is 1. The predicted octanol–water partition coefficient (Wildman–Crippen LogP) is 3.29. The predicted molar refractivity (Wildman–Crippen MR) is 98.9 cm³/mol. The summed E-state index contributed by atoms with van der Waals surface area (Å²) in [5.74, 6) is -0.340. The average Bonchev–Trinajstić information content (AvgIpc) is 3.08. The van der Waals surface area contributed by atoms with Crippen LogP contribution in [0.3, 0.4) is 0 Å². The number of hydrogen-bond acceptors (Lipinski definition) is 7. The minimum atomic E-state index is -3.19. The van der Waals surface area contributed by atoms with Crippen molar-refractivity contribution in [3.05, 3.63) is 70.6 Å². The van der Waals surface area contributed by atoms with E-state index in [4.69, 9.17) is 20.8 Å². The second kappa shape index (κ2) is 7.89. The first-order valence-corrected chi connectivity index (χ1v) is 10.3. The SMILES string of the molecule is CS(=O)(=O)Cc1cccc(C(=O)OCc2nnc(-c3ccc(Cl)cc3)o2)c1. The zero-order valence-corrected chi connectivity index (χ0v) is 15.8. The molecular formula is C18H15ClN2O5S. The molecular weight excluding hydrogens is 392 g/mol. The van der Waals surface area contributed by atoms with Crippen molar-refractivity contribution < 1.29 is 22.4 Å². The van der Waals surface area contributed by atoms with Gasteiger partial charge in [-0.2, -0.15) is 0 Å². The molecule has 0 bridgehead atoms. The molecule has 3 aromatic rings. The van der Waals surface area contributed by atoms with E-state index in [2.05, 4.69) is 10.2 Å². The van der Waals surface area contributed by atoms with Crippen molar-refractivity contribution in [1.82, 2.24) is 10.2 Å². The van der Waals surface area contributed by atoms with E-state index >= 15 is 0 Å². The van der Waals surface area contributed by atoms with Crippen LogP contribution >= 0.6 is 11.6 Å². The first-order valence-electron chi connectivity index (χ1n) is 7.82. The summed E-state index contributed by atoms with van der Waals surface area (Å²) in [5, 5.41) is 8.33. The first kappa shape index (κ1) is 19.1. The Morgan fingerprint density at radius 1 is 1.15 bits per heavy atom. The topological polar surface area (TPSA) is 99.4 Å². The molecule has 1 heterocycles. The highest BCUT2D eigenvalue weighted by Crippen LogP contribution is 2.20. The van der Waals surface area contributed by atoms with E-state index < -0.39 is 15.8 Å². The number of hydrogen-bond donors (Lipinski definition) is 0. The molecule has 7 nitrogen and oxygen atoms in total. The van der Waals surface area contributed by atoms with Gasteiger partial charge >= 0.3 is 5.97 Å². The van der Waals surface area contributed by atoms with Crippen molar-refractivity contribution in [3.8, 4) is 11.5 Å². The van der Waals surface area contributed by atoms with E-state index in [0.29, 0.717) is 16.1 Å². The molecule has 0 aliphatic rings. The molecule has 0 unspecified atom stereocenters. The van der Waals surface area contributed by atoms with Crippen molar-refractivity contribution >= 4 is 27.4 Å². The summed E-state index contributed by atoms with van der Waals surface area (Å²) < 4.78 is 33.4. The summed E-state index contributed by atoms with van der Waals surface area (Å²) in [7, 11) is -3.19. The van der Waals surface area contributed by atoms with Crippen LogP contribution in [0.15, 0.2) is 52.9 Å². The molecule has 9 heteroatoms. The summed E-state index contributed by atoms with van der Waals surface area (Å²) in [6.45, 7) is -0.199. The largest absolute Gasteiger partial charge is 0.452 e. The number of benzene rings is 2. The highest BCUT2D eigenvalue weighted by molar-refractivity contribution is 7.89. The average molecular weight is 407 g/mol. The van der Waals surface area contributed by atoms with Gasteiger partial charge in [0.2, 0.25) is 5.89 Å². The third-order valence-corrected chi connectivity index (χ3v) is 4.59. The van der Waals surface area contributed by atoms with Gasteiger partial charge in [-0.15, -0.1) is 10.2 Å². The van der Waals surface area contributed by atoms with Crippen molar-refractivity contribution in [1.29, 1.82) is 0 Å². The Morgan fingerprint density at radius 3 is 2.59 bits per heavy atom. The molecule has 27 heavy (non-hydrogen) atoms. The summed E-state index contributed by atoms with van der Waals surface area (Å²) in [4.78, 5) is 12.2. The van der Waals surface area contributed by atoms with Crippen molar-refractivity contribution in [2.75, 3.05) is 6.26 Å². The Bertz CT molecular complexity index is 1060. The van der Waals surface area contributed by atoms with Gasteiger partial charge in [0.15, 0.2) is 16.4 Å². The molecule has 0 saturated heterocycles. The van der Waals surface area contributed by atoms with Gasteiger partial charge in [-0.05, 0) is 42.0 Å². The van der Waals surface area contributed by atoms with Crippen LogP contribution in [-0.2, 0) is 26.9 Å². The molecule has 1 aromatic heterocycles. The zero-order chi connectivity index (χ0) is 19.4. The lowest BCUT2D eigenvalue weighted by Gasteiger charge is -2.04. The molecule has 0 saturated carbocycles. The molecule has 0 aliphatic carbocycles. The number of esters is 1. The van der Waals surface area contributed by atoms with Crippen LogP contribution in [0.1, 0.15) is 21.8 Å². The van der Waals surface area contributed by atoms with Crippen molar-refractivity contribution in [3.63, 3.8) is 0 Å². The van der Waals surface area contributed by atoms with Crippen LogP contribution in [0.25, 0.3) is 11.5 Å². The lowest BCUT2D eigenvalue weighted by atomic mass is 10.1. The van der Waals surface area contributed by atoms with E-state index in [9.17, 15) is 13.2 Å². The fourth-order valence-corrected chi connectivity index (χ4v) is 3.23. The fraction of sp³-hybridized carbons (Fsp3) is 0.167. The van der Waals surface area contributed by atoms with Gasteiger partial charge in [-0.25, -0.2) is 13.2 Å². The highest BCUT2D eigenvalue weighted by atomic mass is 35.5. The summed E-state index contributed by atoms with van der Waals surface area (Å²) in [6.07, 6.45) is 1.13. The number of carbonyl (C=O) groups is 1. The van der Waals surface area contributed by atoms with Gasteiger partial charge in [0.05, 0.1) is 11.3 Å². The summed E-state index contributed by atoms with van der Waals surface area (Å²) in [6, 6.07) is 13.1. The standard InChI is InChI=1S/C18H15ClN2O5S/c1-27(23,24)11-12-3-2-4-14(9-12)18(22)25-10-16-20-21-17(26-16)13-5-7-15(19)8-6-13/h2-9H,10-11H2,1H3. The lowest BCUT2D eigenvalue weighted by Crippen LogP contribution is -2.07. The number of nitrogens with zero attached hydrogens (tertiary/aromatic N) is 2. The molecule has 0 radical (unpaired) electrons. The number of ether oxygens (including phenoxy) is 1. The smallest absolute Gasteiger partial charge is 0.338 e. The van der Waals surface area contributed by atoms with Gasteiger partial charge in [-0.1, -0.05) is 23.7 Å². The first-order chi connectivity index (χ1) is 12.8. The zero-order valence-electron chi connectivity index (χ0n) is 14.3. The Labute approximate surface area is 160 Å².